The van der Waals surface area contributed by atoms with Crippen molar-refractivity contribution in [3.05, 3.63) is 106 Å². The Morgan fingerprint density at radius 2 is 1.68 bits per heavy atom. The van der Waals surface area contributed by atoms with Gasteiger partial charge in [-0.05, 0) is 48.4 Å². The number of hydrogen-bond donors (Lipinski definition) is 2. The molecule has 0 bridgehead atoms. The van der Waals surface area contributed by atoms with Crippen molar-refractivity contribution in [2.75, 3.05) is 6.54 Å². The van der Waals surface area contributed by atoms with Gasteiger partial charge >= 0.3 is 0 Å². The molecule has 7 nitrogen and oxygen atoms in total. The summed E-state index contributed by atoms with van der Waals surface area (Å²) in [6, 6.07) is 24.2. The standard InChI is InChI=1S/C28H25N3O4S2/c1-19-7-9-20(10-8-19)17-24-27(34)31(28(36)37-24)16-15-25(32)29-30-26(33)22-11-13-23(14-12-22)35-18-21-5-3-2-4-6-21/h2-14,17H,15-16,18H2,1H3,(H,29,32)(H,30,33)/b24-17+. The highest BCUT2D eigenvalue weighted by Gasteiger charge is 2.32. The first-order valence-corrected chi connectivity index (χ1v) is 12.8. The molecule has 1 aliphatic heterocycles. The molecule has 4 rings (SSSR count). The lowest BCUT2D eigenvalue weighted by atomic mass is 10.1. The van der Waals surface area contributed by atoms with E-state index in [1.54, 1.807) is 30.3 Å². The van der Waals surface area contributed by atoms with E-state index in [4.69, 9.17) is 17.0 Å². The largest absolute Gasteiger partial charge is 0.489 e. The maximum atomic E-state index is 12.7. The van der Waals surface area contributed by atoms with E-state index in [1.807, 2.05) is 61.5 Å². The fourth-order valence-electron chi connectivity index (χ4n) is 3.42. The Balaban J connectivity index is 1.22. The SMILES string of the molecule is Cc1ccc(/C=C2/SC(=S)N(CCC(=O)NNC(=O)c3ccc(OCc4ccccc4)cc3)C2=O)cc1. The number of nitrogens with one attached hydrogen (secondary N) is 2. The Morgan fingerprint density at radius 3 is 2.38 bits per heavy atom. The second kappa shape index (κ2) is 12.3. The molecule has 3 aromatic carbocycles. The summed E-state index contributed by atoms with van der Waals surface area (Å²) >= 11 is 6.53. The van der Waals surface area contributed by atoms with Crippen LogP contribution in [0.3, 0.4) is 0 Å². The summed E-state index contributed by atoms with van der Waals surface area (Å²) in [5.74, 6) is -0.506. The number of amides is 3. The average molecular weight is 532 g/mol. The minimum absolute atomic E-state index is 0.0171. The maximum Gasteiger partial charge on any atom is 0.269 e. The van der Waals surface area contributed by atoms with Crippen LogP contribution in [0.25, 0.3) is 6.08 Å². The van der Waals surface area contributed by atoms with Crippen LogP contribution in [0.2, 0.25) is 0 Å². The molecule has 9 heteroatoms. The van der Waals surface area contributed by atoms with Crippen molar-refractivity contribution in [2.24, 2.45) is 0 Å². The van der Waals surface area contributed by atoms with Crippen LogP contribution in [0.1, 0.15) is 33.5 Å². The minimum atomic E-state index is -0.463. The molecule has 188 valence electrons. The minimum Gasteiger partial charge on any atom is -0.489 e. The van der Waals surface area contributed by atoms with Crippen molar-refractivity contribution in [1.82, 2.24) is 15.8 Å². The van der Waals surface area contributed by atoms with E-state index < -0.39 is 11.8 Å². The number of aryl methyl sites for hydroxylation is 1. The predicted octanol–water partition coefficient (Wildman–Crippen LogP) is 4.63. The lowest BCUT2D eigenvalue weighted by Gasteiger charge is -2.14. The summed E-state index contributed by atoms with van der Waals surface area (Å²) in [6.07, 6.45) is 1.77. The van der Waals surface area contributed by atoms with E-state index >= 15 is 0 Å². The number of carbonyl (C=O) groups excluding carboxylic acids is 3. The molecule has 0 aliphatic carbocycles. The van der Waals surface area contributed by atoms with Gasteiger partial charge in [-0.2, -0.15) is 0 Å². The Labute approximate surface area is 224 Å². The molecule has 1 aliphatic rings. The maximum absolute atomic E-state index is 12.7. The molecule has 1 saturated heterocycles. The molecule has 0 unspecified atom stereocenters. The zero-order chi connectivity index (χ0) is 26.2. The van der Waals surface area contributed by atoms with Crippen LogP contribution in [0.4, 0.5) is 0 Å². The lowest BCUT2D eigenvalue weighted by Crippen LogP contribution is -2.43. The normalized spacial score (nSPS) is 14.1. The number of benzene rings is 3. The second-order valence-electron chi connectivity index (χ2n) is 8.29. The first kappa shape index (κ1) is 26.1. The third kappa shape index (κ3) is 7.28. The second-order valence-corrected chi connectivity index (χ2v) is 9.97. The number of hydrogen-bond acceptors (Lipinski definition) is 6. The monoisotopic (exact) mass is 531 g/mol. The molecule has 1 fully saturated rings. The number of nitrogens with zero attached hydrogens (tertiary/aromatic N) is 1. The first-order valence-electron chi connectivity index (χ1n) is 11.6. The number of hydrazine groups is 1. The van der Waals surface area contributed by atoms with Crippen LogP contribution in [-0.4, -0.2) is 33.5 Å². The zero-order valence-electron chi connectivity index (χ0n) is 20.1. The Hall–Kier alpha value is -3.95. The van der Waals surface area contributed by atoms with Gasteiger partial charge in [-0.25, -0.2) is 0 Å². The van der Waals surface area contributed by atoms with Crippen molar-refractivity contribution in [2.45, 2.75) is 20.0 Å². The highest BCUT2D eigenvalue weighted by Crippen LogP contribution is 2.32. The topological polar surface area (TPSA) is 87.7 Å². The van der Waals surface area contributed by atoms with Gasteiger partial charge in [0.1, 0.15) is 16.7 Å². The molecule has 0 spiro atoms. The summed E-state index contributed by atoms with van der Waals surface area (Å²) in [6.45, 7) is 2.54. The smallest absolute Gasteiger partial charge is 0.269 e. The summed E-state index contributed by atoms with van der Waals surface area (Å²) in [4.78, 5) is 39.3. The van der Waals surface area contributed by atoms with Crippen molar-refractivity contribution < 1.29 is 19.1 Å². The van der Waals surface area contributed by atoms with Gasteiger partial charge in [-0.1, -0.05) is 84.1 Å². The van der Waals surface area contributed by atoms with Gasteiger partial charge in [0, 0.05) is 18.5 Å². The van der Waals surface area contributed by atoms with E-state index in [-0.39, 0.29) is 18.9 Å². The third-order valence-electron chi connectivity index (χ3n) is 5.49. The summed E-state index contributed by atoms with van der Waals surface area (Å²) in [5, 5.41) is 0. The quantitative estimate of drug-likeness (QED) is 0.251. The Kier molecular flexibility index (Phi) is 8.71. The van der Waals surface area contributed by atoms with Crippen molar-refractivity contribution in [1.29, 1.82) is 0 Å². The van der Waals surface area contributed by atoms with Crippen LogP contribution < -0.4 is 15.6 Å². The van der Waals surface area contributed by atoms with Gasteiger partial charge in [-0.15, -0.1) is 0 Å². The first-order chi connectivity index (χ1) is 17.9. The van der Waals surface area contributed by atoms with E-state index in [0.717, 1.165) is 16.7 Å². The molecule has 37 heavy (non-hydrogen) atoms. The molecular weight excluding hydrogens is 506 g/mol. The molecule has 0 saturated carbocycles. The fraction of sp³-hybridized carbons (Fsp3) is 0.143. The summed E-state index contributed by atoms with van der Waals surface area (Å²) in [5.41, 5.74) is 8.21. The van der Waals surface area contributed by atoms with Gasteiger partial charge in [0.25, 0.3) is 11.8 Å². The van der Waals surface area contributed by atoms with Gasteiger partial charge < -0.3 is 4.74 Å². The summed E-state index contributed by atoms with van der Waals surface area (Å²) < 4.78 is 6.12. The van der Waals surface area contributed by atoms with Crippen molar-refractivity contribution in [3.63, 3.8) is 0 Å². The van der Waals surface area contributed by atoms with Crippen LogP contribution in [0.15, 0.2) is 83.8 Å². The van der Waals surface area contributed by atoms with Crippen molar-refractivity contribution in [3.8, 4) is 5.75 Å². The zero-order valence-corrected chi connectivity index (χ0v) is 21.7. The Morgan fingerprint density at radius 1 is 0.973 bits per heavy atom. The highest BCUT2D eigenvalue weighted by atomic mass is 32.2. The fourth-order valence-corrected chi connectivity index (χ4v) is 4.73. The van der Waals surface area contributed by atoms with Crippen LogP contribution >= 0.6 is 24.0 Å². The van der Waals surface area contributed by atoms with Gasteiger partial charge in [0.15, 0.2) is 0 Å². The van der Waals surface area contributed by atoms with Gasteiger partial charge in [0.05, 0.1) is 4.91 Å². The van der Waals surface area contributed by atoms with Gasteiger partial charge in [-0.3, -0.25) is 30.1 Å². The van der Waals surface area contributed by atoms with E-state index in [0.29, 0.717) is 27.1 Å². The van der Waals surface area contributed by atoms with E-state index in [1.165, 1.54) is 16.7 Å². The number of thioether (sulfide) groups is 1. The predicted molar refractivity (Wildman–Crippen MR) is 148 cm³/mol. The number of ether oxygens (including phenoxy) is 1. The van der Waals surface area contributed by atoms with E-state index in [9.17, 15) is 14.4 Å². The highest BCUT2D eigenvalue weighted by molar-refractivity contribution is 8.26. The number of thiocarbonyl (C=S) groups is 1. The molecule has 0 aromatic heterocycles. The van der Waals surface area contributed by atoms with Crippen LogP contribution in [-0.2, 0) is 16.2 Å². The van der Waals surface area contributed by atoms with E-state index in [2.05, 4.69) is 10.9 Å². The summed E-state index contributed by atoms with van der Waals surface area (Å²) in [7, 11) is 0. The lowest BCUT2D eigenvalue weighted by molar-refractivity contribution is -0.124. The van der Waals surface area contributed by atoms with Crippen LogP contribution in [0, 0.1) is 6.92 Å². The number of rotatable bonds is 8. The van der Waals surface area contributed by atoms with Crippen molar-refractivity contribution >= 4 is 52.1 Å². The molecule has 3 amide bonds. The molecule has 3 aromatic rings. The molecule has 0 radical (unpaired) electrons. The van der Waals surface area contributed by atoms with Crippen LogP contribution in [0.5, 0.6) is 5.75 Å². The third-order valence-corrected chi connectivity index (χ3v) is 6.87. The average Bonchev–Trinajstić information content (AvgIpc) is 3.18. The molecule has 2 N–H and O–H groups in total. The molecule has 0 atom stereocenters. The Bertz CT molecular complexity index is 1320. The number of carbonyl (C=O) groups is 3. The molecular formula is C28H25N3O4S2. The molecule has 1 heterocycles. The van der Waals surface area contributed by atoms with Gasteiger partial charge in [0.2, 0.25) is 5.91 Å².